The van der Waals surface area contributed by atoms with Gasteiger partial charge < -0.3 is 13.9 Å². The predicted octanol–water partition coefficient (Wildman–Crippen LogP) is 13.0. The minimum Gasteiger partial charge on any atom is -0.456 e. The first-order valence-corrected chi connectivity index (χ1v) is 16.7. The molecule has 0 saturated carbocycles. The Labute approximate surface area is 283 Å². The quantitative estimate of drug-likeness (QED) is 0.190. The van der Waals surface area contributed by atoms with Crippen LogP contribution in [0.15, 0.2) is 186 Å². The number of rotatable bonds is 5. The molecular weight excluding hydrogens is 597 g/mol. The van der Waals surface area contributed by atoms with E-state index in [2.05, 4.69) is 191 Å². The smallest absolute Gasteiger partial charge is 0.138 e. The fourth-order valence-electron chi connectivity index (χ4n) is 7.67. The standard InChI is InChI=1S/C46H30N2O/c1-4-16-33(17-5-1)47(34-18-6-2-7-19-34)41-29-32(30-43-46(41)45-36-22-11-10-15-31(36)27-28-42(45)49-43)37-24-14-26-40-44(37)38-23-12-13-25-39(38)48(40)35-20-8-3-9-21-35/h1-30H. The van der Waals surface area contributed by atoms with E-state index in [1.165, 1.54) is 32.6 Å². The maximum Gasteiger partial charge on any atom is 0.138 e. The van der Waals surface area contributed by atoms with Gasteiger partial charge in [-0.1, -0.05) is 115 Å². The number of fused-ring (bicyclic) bond motifs is 8. The van der Waals surface area contributed by atoms with E-state index in [9.17, 15) is 0 Å². The summed E-state index contributed by atoms with van der Waals surface area (Å²) in [5, 5.41) is 7.04. The summed E-state index contributed by atoms with van der Waals surface area (Å²) in [5.41, 5.74) is 10.7. The number of para-hydroxylation sites is 4. The van der Waals surface area contributed by atoms with Crippen LogP contribution in [0.25, 0.3) is 71.3 Å². The van der Waals surface area contributed by atoms with Gasteiger partial charge in [-0.05, 0) is 88.6 Å². The van der Waals surface area contributed by atoms with E-state index in [1.54, 1.807) is 0 Å². The Balaban J connectivity index is 1.35. The van der Waals surface area contributed by atoms with Crippen LogP contribution in [0.1, 0.15) is 0 Å². The molecule has 8 aromatic carbocycles. The third kappa shape index (κ3) is 4.29. The van der Waals surface area contributed by atoms with E-state index < -0.39 is 0 Å². The van der Waals surface area contributed by atoms with Crippen LogP contribution in [0.5, 0.6) is 0 Å². The fraction of sp³-hybridized carbons (Fsp3) is 0. The maximum absolute atomic E-state index is 6.83. The van der Waals surface area contributed by atoms with Gasteiger partial charge >= 0.3 is 0 Å². The first-order valence-electron chi connectivity index (χ1n) is 16.7. The topological polar surface area (TPSA) is 21.3 Å². The van der Waals surface area contributed by atoms with Crippen LogP contribution in [0, 0.1) is 0 Å². The van der Waals surface area contributed by atoms with Crippen molar-refractivity contribution in [1.29, 1.82) is 0 Å². The molecule has 10 aromatic rings. The van der Waals surface area contributed by atoms with Gasteiger partial charge in [0.05, 0.1) is 22.1 Å². The Morgan fingerprint density at radius 1 is 0.429 bits per heavy atom. The van der Waals surface area contributed by atoms with Crippen LogP contribution in [0.3, 0.4) is 0 Å². The van der Waals surface area contributed by atoms with Gasteiger partial charge in [0.2, 0.25) is 0 Å². The summed E-state index contributed by atoms with van der Waals surface area (Å²) < 4.78 is 9.20. The number of benzene rings is 8. The third-order valence-electron chi connectivity index (χ3n) is 9.73. The highest BCUT2D eigenvalue weighted by Crippen LogP contribution is 2.48. The minimum absolute atomic E-state index is 0.861. The van der Waals surface area contributed by atoms with Crippen LogP contribution < -0.4 is 4.90 Å². The molecule has 0 fully saturated rings. The van der Waals surface area contributed by atoms with Crippen molar-refractivity contribution in [2.45, 2.75) is 0 Å². The third-order valence-corrected chi connectivity index (χ3v) is 9.73. The van der Waals surface area contributed by atoms with Crippen molar-refractivity contribution in [1.82, 2.24) is 4.57 Å². The Bertz CT molecular complexity index is 2770. The molecule has 0 aliphatic rings. The number of furan rings is 1. The lowest BCUT2D eigenvalue weighted by Gasteiger charge is -2.27. The van der Waals surface area contributed by atoms with E-state index in [-0.39, 0.29) is 0 Å². The van der Waals surface area contributed by atoms with Gasteiger partial charge in [-0.3, -0.25) is 0 Å². The fourth-order valence-corrected chi connectivity index (χ4v) is 7.67. The highest BCUT2D eigenvalue weighted by molar-refractivity contribution is 6.24. The van der Waals surface area contributed by atoms with E-state index in [0.29, 0.717) is 0 Å². The molecule has 0 radical (unpaired) electrons. The number of hydrogen-bond acceptors (Lipinski definition) is 2. The number of aromatic nitrogens is 1. The zero-order valence-electron chi connectivity index (χ0n) is 26.6. The van der Waals surface area contributed by atoms with Crippen molar-refractivity contribution in [3.8, 4) is 16.8 Å². The maximum atomic E-state index is 6.83. The normalized spacial score (nSPS) is 11.7. The SMILES string of the molecule is c1ccc(N(c2ccccc2)c2cc(-c3cccc4c3c3ccccc3n4-c3ccccc3)cc3oc4ccc5ccccc5c4c23)cc1. The molecule has 0 aliphatic carbocycles. The average molecular weight is 627 g/mol. The van der Waals surface area contributed by atoms with Crippen LogP contribution >= 0.6 is 0 Å². The van der Waals surface area contributed by atoms with Crippen molar-refractivity contribution in [2.24, 2.45) is 0 Å². The van der Waals surface area contributed by atoms with Crippen LogP contribution in [0.2, 0.25) is 0 Å². The monoisotopic (exact) mass is 626 g/mol. The summed E-state index contributed by atoms with van der Waals surface area (Å²) in [5.74, 6) is 0. The highest BCUT2D eigenvalue weighted by Gasteiger charge is 2.24. The van der Waals surface area contributed by atoms with Crippen molar-refractivity contribution in [2.75, 3.05) is 4.90 Å². The van der Waals surface area contributed by atoms with Crippen molar-refractivity contribution in [3.05, 3.63) is 182 Å². The molecular formula is C46H30N2O. The molecule has 0 atom stereocenters. The Morgan fingerprint density at radius 2 is 1.06 bits per heavy atom. The summed E-state index contributed by atoms with van der Waals surface area (Å²) in [6.45, 7) is 0. The molecule has 49 heavy (non-hydrogen) atoms. The van der Waals surface area contributed by atoms with Gasteiger partial charge in [-0.25, -0.2) is 0 Å². The first kappa shape index (κ1) is 27.5. The summed E-state index contributed by atoms with van der Waals surface area (Å²) in [4.78, 5) is 2.37. The van der Waals surface area contributed by atoms with Gasteiger partial charge in [0.1, 0.15) is 11.2 Å². The van der Waals surface area contributed by atoms with Crippen LogP contribution in [-0.4, -0.2) is 4.57 Å². The highest BCUT2D eigenvalue weighted by atomic mass is 16.3. The minimum atomic E-state index is 0.861. The summed E-state index contributed by atoms with van der Waals surface area (Å²) in [7, 11) is 0. The molecule has 2 heterocycles. The van der Waals surface area contributed by atoms with E-state index in [4.69, 9.17) is 4.42 Å². The van der Waals surface area contributed by atoms with Crippen molar-refractivity contribution >= 4 is 71.6 Å². The second-order valence-electron chi connectivity index (χ2n) is 12.5. The number of hydrogen-bond donors (Lipinski definition) is 0. The van der Waals surface area contributed by atoms with Crippen LogP contribution in [0.4, 0.5) is 17.1 Å². The summed E-state index contributed by atoms with van der Waals surface area (Å²) >= 11 is 0. The average Bonchev–Trinajstić information content (AvgIpc) is 3.72. The molecule has 0 spiro atoms. The number of nitrogens with zero attached hydrogens (tertiary/aromatic N) is 2. The summed E-state index contributed by atoms with van der Waals surface area (Å²) in [6.07, 6.45) is 0. The van der Waals surface area contributed by atoms with E-state index >= 15 is 0 Å². The number of anilines is 3. The van der Waals surface area contributed by atoms with Crippen molar-refractivity contribution in [3.63, 3.8) is 0 Å². The lowest BCUT2D eigenvalue weighted by atomic mass is 9.95. The lowest BCUT2D eigenvalue weighted by Crippen LogP contribution is -2.10. The molecule has 0 N–H and O–H groups in total. The van der Waals surface area contributed by atoms with Gasteiger partial charge in [-0.2, -0.15) is 0 Å². The molecule has 0 bridgehead atoms. The molecule has 3 heteroatoms. The van der Waals surface area contributed by atoms with Gasteiger partial charge in [0.25, 0.3) is 0 Å². The Morgan fingerprint density at radius 3 is 1.82 bits per heavy atom. The zero-order chi connectivity index (χ0) is 32.3. The van der Waals surface area contributed by atoms with E-state index in [0.717, 1.165) is 55.8 Å². The second-order valence-corrected chi connectivity index (χ2v) is 12.5. The predicted molar refractivity (Wildman–Crippen MR) is 206 cm³/mol. The van der Waals surface area contributed by atoms with Gasteiger partial charge in [0, 0.05) is 33.2 Å². The van der Waals surface area contributed by atoms with E-state index in [1.807, 2.05) is 0 Å². The lowest BCUT2D eigenvalue weighted by molar-refractivity contribution is 0.669. The summed E-state index contributed by atoms with van der Waals surface area (Å²) in [6, 6.07) is 64.8. The molecule has 0 saturated heterocycles. The largest absolute Gasteiger partial charge is 0.456 e. The molecule has 0 aliphatic heterocycles. The van der Waals surface area contributed by atoms with Gasteiger partial charge in [0.15, 0.2) is 0 Å². The second kappa shape index (κ2) is 11.0. The molecule has 2 aromatic heterocycles. The molecule has 3 nitrogen and oxygen atoms in total. The Kier molecular flexibility index (Phi) is 6.18. The first-order chi connectivity index (χ1) is 24.3. The molecule has 0 unspecified atom stereocenters. The molecule has 10 rings (SSSR count). The van der Waals surface area contributed by atoms with Gasteiger partial charge in [-0.15, -0.1) is 0 Å². The van der Waals surface area contributed by atoms with Crippen LogP contribution in [-0.2, 0) is 0 Å². The van der Waals surface area contributed by atoms with Crippen molar-refractivity contribution < 1.29 is 4.42 Å². The zero-order valence-corrected chi connectivity index (χ0v) is 26.6. The molecule has 0 amide bonds. The Hall–Kier alpha value is -6.58. The molecule has 230 valence electrons.